The number of hydrogen-bond donors (Lipinski definition) is 1. The first-order valence-corrected chi connectivity index (χ1v) is 6.21. The zero-order valence-corrected chi connectivity index (χ0v) is 11.2. The highest BCUT2D eigenvalue weighted by atomic mass is 35.5. The smallest absolute Gasteiger partial charge is 0.145 e. The van der Waals surface area contributed by atoms with Crippen molar-refractivity contribution in [3.8, 4) is 17.6 Å². The maximum absolute atomic E-state index is 9.06. The second-order valence-corrected chi connectivity index (χ2v) is 4.65. The van der Waals surface area contributed by atoms with Gasteiger partial charge in [0.2, 0.25) is 0 Å². The Hall–Kier alpha value is -2.02. The fourth-order valence-corrected chi connectivity index (χ4v) is 1.84. The van der Waals surface area contributed by atoms with Gasteiger partial charge in [-0.3, -0.25) is 0 Å². The number of ether oxygens (including phenoxy) is 1. The summed E-state index contributed by atoms with van der Waals surface area (Å²) in [4.78, 5) is 0. The van der Waals surface area contributed by atoms with Crippen molar-refractivity contribution in [3.63, 3.8) is 0 Å². The third-order valence-electron chi connectivity index (χ3n) is 2.67. The molecule has 3 nitrogen and oxygen atoms in total. The molecular formula is C15H13ClN2O. The van der Waals surface area contributed by atoms with Crippen LogP contribution in [-0.2, 0) is 0 Å². The monoisotopic (exact) mass is 272 g/mol. The molecule has 0 amide bonds. The molecule has 2 N–H and O–H groups in total. The molecule has 96 valence electrons. The number of benzene rings is 2. The van der Waals surface area contributed by atoms with E-state index in [1.165, 1.54) is 0 Å². The van der Waals surface area contributed by atoms with Crippen LogP contribution in [0.4, 0.5) is 0 Å². The van der Waals surface area contributed by atoms with E-state index in [0.717, 1.165) is 5.56 Å². The van der Waals surface area contributed by atoms with Gasteiger partial charge in [0.25, 0.3) is 0 Å². The van der Waals surface area contributed by atoms with Crippen molar-refractivity contribution in [1.29, 1.82) is 5.26 Å². The Bertz CT molecular complexity index is 632. The zero-order chi connectivity index (χ0) is 13.8. The molecule has 19 heavy (non-hydrogen) atoms. The first kappa shape index (κ1) is 13.4. The molecule has 0 saturated carbocycles. The number of nitrogens with two attached hydrogens (primary N) is 1. The van der Waals surface area contributed by atoms with Crippen molar-refractivity contribution in [3.05, 3.63) is 58.6 Å². The lowest BCUT2D eigenvalue weighted by Gasteiger charge is -2.10. The van der Waals surface area contributed by atoms with Crippen molar-refractivity contribution < 1.29 is 4.74 Å². The third-order valence-corrected chi connectivity index (χ3v) is 2.91. The van der Waals surface area contributed by atoms with E-state index in [1.54, 1.807) is 18.2 Å². The van der Waals surface area contributed by atoms with Crippen molar-refractivity contribution in [1.82, 2.24) is 0 Å². The van der Waals surface area contributed by atoms with E-state index in [-0.39, 0.29) is 6.04 Å². The Morgan fingerprint density at radius 1 is 1.26 bits per heavy atom. The summed E-state index contributed by atoms with van der Waals surface area (Å²) >= 11 is 5.84. The first-order chi connectivity index (χ1) is 9.10. The van der Waals surface area contributed by atoms with Crippen LogP contribution >= 0.6 is 11.6 Å². The minimum atomic E-state index is -0.0656. The molecule has 0 aliphatic carbocycles. The fraction of sp³-hybridized carbons (Fsp3) is 0.133. The van der Waals surface area contributed by atoms with Gasteiger partial charge in [-0.25, -0.2) is 0 Å². The van der Waals surface area contributed by atoms with Crippen molar-refractivity contribution in [2.45, 2.75) is 13.0 Å². The number of rotatable bonds is 3. The SMILES string of the molecule is CC(N)c1cccc(Oc2ccc(Cl)cc2C#N)c1. The molecule has 2 aromatic carbocycles. The summed E-state index contributed by atoms with van der Waals surface area (Å²) in [6.07, 6.45) is 0. The van der Waals surface area contributed by atoms with E-state index in [2.05, 4.69) is 6.07 Å². The molecule has 4 heteroatoms. The minimum Gasteiger partial charge on any atom is -0.456 e. The van der Waals surface area contributed by atoms with Gasteiger partial charge in [-0.2, -0.15) is 5.26 Å². The summed E-state index contributed by atoms with van der Waals surface area (Å²) in [6, 6.07) is 14.4. The quantitative estimate of drug-likeness (QED) is 0.918. The predicted molar refractivity (Wildman–Crippen MR) is 75.3 cm³/mol. The van der Waals surface area contributed by atoms with Gasteiger partial charge in [0, 0.05) is 11.1 Å². The lowest BCUT2D eigenvalue weighted by Crippen LogP contribution is -2.04. The molecular weight excluding hydrogens is 260 g/mol. The van der Waals surface area contributed by atoms with E-state index in [4.69, 9.17) is 27.3 Å². The highest BCUT2D eigenvalue weighted by Gasteiger charge is 2.07. The van der Waals surface area contributed by atoms with Crippen LogP contribution in [0.5, 0.6) is 11.5 Å². The molecule has 0 saturated heterocycles. The highest BCUT2D eigenvalue weighted by molar-refractivity contribution is 6.30. The number of halogens is 1. The van der Waals surface area contributed by atoms with Crippen molar-refractivity contribution in [2.24, 2.45) is 5.73 Å². The second-order valence-electron chi connectivity index (χ2n) is 4.22. The molecule has 0 radical (unpaired) electrons. The lowest BCUT2D eigenvalue weighted by atomic mass is 10.1. The van der Waals surface area contributed by atoms with Gasteiger partial charge in [0.05, 0.1) is 5.56 Å². The summed E-state index contributed by atoms with van der Waals surface area (Å²) in [5.74, 6) is 1.13. The van der Waals surface area contributed by atoms with Gasteiger partial charge in [-0.05, 0) is 42.8 Å². The van der Waals surface area contributed by atoms with Gasteiger partial charge >= 0.3 is 0 Å². The van der Waals surface area contributed by atoms with Gasteiger partial charge in [-0.15, -0.1) is 0 Å². The van der Waals surface area contributed by atoms with Crippen molar-refractivity contribution >= 4 is 11.6 Å². The maximum Gasteiger partial charge on any atom is 0.145 e. The van der Waals surface area contributed by atoms with Gasteiger partial charge in [0.1, 0.15) is 17.6 Å². The van der Waals surface area contributed by atoms with Crippen LogP contribution in [0.15, 0.2) is 42.5 Å². The summed E-state index contributed by atoms with van der Waals surface area (Å²) in [5.41, 5.74) is 7.20. The van der Waals surface area contributed by atoms with Crippen LogP contribution in [-0.4, -0.2) is 0 Å². The molecule has 0 fully saturated rings. The normalized spacial score (nSPS) is 11.7. The van der Waals surface area contributed by atoms with Gasteiger partial charge in [0.15, 0.2) is 0 Å². The Morgan fingerprint density at radius 2 is 2.05 bits per heavy atom. The van der Waals surface area contributed by atoms with Gasteiger partial charge in [-0.1, -0.05) is 23.7 Å². The molecule has 0 aromatic heterocycles. The van der Waals surface area contributed by atoms with Crippen LogP contribution in [0, 0.1) is 11.3 Å². The Morgan fingerprint density at radius 3 is 2.74 bits per heavy atom. The van der Waals surface area contributed by atoms with E-state index in [9.17, 15) is 0 Å². The van der Waals surface area contributed by atoms with E-state index < -0.39 is 0 Å². The molecule has 0 spiro atoms. The van der Waals surface area contributed by atoms with E-state index >= 15 is 0 Å². The molecule has 1 atom stereocenters. The van der Waals surface area contributed by atoms with Crippen LogP contribution in [0.1, 0.15) is 24.1 Å². The highest BCUT2D eigenvalue weighted by Crippen LogP contribution is 2.28. The van der Waals surface area contributed by atoms with Gasteiger partial charge < -0.3 is 10.5 Å². The average Bonchev–Trinajstić information content (AvgIpc) is 2.41. The van der Waals surface area contributed by atoms with Crippen LogP contribution in [0.25, 0.3) is 0 Å². The average molecular weight is 273 g/mol. The predicted octanol–water partition coefficient (Wildman–Crippen LogP) is 4.02. The van der Waals surface area contributed by atoms with E-state index in [1.807, 2.05) is 31.2 Å². The van der Waals surface area contributed by atoms with Crippen LogP contribution < -0.4 is 10.5 Å². The summed E-state index contributed by atoms with van der Waals surface area (Å²) in [5, 5.41) is 9.56. The molecule has 2 rings (SSSR count). The molecule has 0 aliphatic heterocycles. The zero-order valence-electron chi connectivity index (χ0n) is 10.4. The van der Waals surface area contributed by atoms with Crippen LogP contribution in [0.3, 0.4) is 0 Å². The standard InChI is InChI=1S/C15H13ClN2O/c1-10(18)11-3-2-4-14(8-11)19-15-6-5-13(16)7-12(15)9-17/h2-8,10H,18H2,1H3. The largest absolute Gasteiger partial charge is 0.456 e. The Balaban J connectivity index is 2.31. The molecule has 0 bridgehead atoms. The van der Waals surface area contributed by atoms with E-state index in [0.29, 0.717) is 22.1 Å². The Labute approximate surface area is 117 Å². The fourth-order valence-electron chi connectivity index (χ4n) is 1.67. The summed E-state index contributed by atoms with van der Waals surface area (Å²) in [6.45, 7) is 1.90. The Kier molecular flexibility index (Phi) is 4.06. The summed E-state index contributed by atoms with van der Waals surface area (Å²) < 4.78 is 5.71. The maximum atomic E-state index is 9.06. The first-order valence-electron chi connectivity index (χ1n) is 5.83. The molecule has 2 aromatic rings. The molecule has 0 aliphatic rings. The topological polar surface area (TPSA) is 59.0 Å². The van der Waals surface area contributed by atoms with Crippen LogP contribution in [0.2, 0.25) is 5.02 Å². The third kappa shape index (κ3) is 3.25. The second kappa shape index (κ2) is 5.75. The number of nitriles is 1. The minimum absolute atomic E-state index is 0.0656. The summed E-state index contributed by atoms with van der Waals surface area (Å²) in [7, 11) is 0. The molecule has 1 unspecified atom stereocenters. The molecule has 0 heterocycles. The van der Waals surface area contributed by atoms with Crippen molar-refractivity contribution in [2.75, 3.05) is 0 Å². The lowest BCUT2D eigenvalue weighted by molar-refractivity contribution is 0.480. The number of nitrogens with zero attached hydrogens (tertiary/aromatic N) is 1. The number of hydrogen-bond acceptors (Lipinski definition) is 3.